The van der Waals surface area contributed by atoms with Crippen LogP contribution in [0.25, 0.3) is 0 Å². The second-order valence-electron chi connectivity index (χ2n) is 5.57. The Morgan fingerprint density at radius 2 is 2.00 bits per heavy atom. The van der Waals surface area contributed by atoms with E-state index < -0.39 is 10.0 Å². The zero-order valence-corrected chi connectivity index (χ0v) is 15.2. The van der Waals surface area contributed by atoms with Gasteiger partial charge in [-0.3, -0.25) is 0 Å². The van der Waals surface area contributed by atoms with E-state index >= 15 is 0 Å². The smallest absolute Gasteiger partial charge is 0.250 e. The Morgan fingerprint density at radius 3 is 2.62 bits per heavy atom. The second-order valence-corrected chi connectivity index (χ2v) is 8.65. The minimum Gasteiger partial charge on any atom is -0.315 e. The number of hydrogen-bond donors (Lipinski definition) is 2. The van der Waals surface area contributed by atoms with Crippen molar-refractivity contribution in [2.45, 2.75) is 69.7 Å². The van der Waals surface area contributed by atoms with Crippen LogP contribution in [0.15, 0.2) is 10.3 Å². The van der Waals surface area contributed by atoms with Crippen molar-refractivity contribution in [3.05, 3.63) is 16.5 Å². The molecular weight excluding hydrogens is 304 g/mol. The van der Waals surface area contributed by atoms with Gasteiger partial charge in [0.2, 0.25) is 10.0 Å². The van der Waals surface area contributed by atoms with E-state index in [1.54, 1.807) is 6.07 Å². The molecule has 1 unspecified atom stereocenters. The van der Waals surface area contributed by atoms with Gasteiger partial charge in [0.05, 0.1) is 0 Å². The van der Waals surface area contributed by atoms with E-state index in [1.165, 1.54) is 30.6 Å². The van der Waals surface area contributed by atoms with Crippen LogP contribution in [0, 0.1) is 6.92 Å². The molecule has 1 aromatic rings. The summed E-state index contributed by atoms with van der Waals surface area (Å²) in [4.78, 5) is 1.08. The molecule has 6 heteroatoms. The number of sulfonamides is 1. The Morgan fingerprint density at radius 1 is 1.29 bits per heavy atom. The van der Waals surface area contributed by atoms with Crippen LogP contribution in [-0.4, -0.2) is 21.5 Å². The summed E-state index contributed by atoms with van der Waals surface area (Å²) in [6, 6.07) is 1.76. The molecule has 0 saturated carbocycles. The normalized spacial score (nSPS) is 13.5. The number of rotatable bonds is 10. The lowest BCUT2D eigenvalue weighted by Gasteiger charge is -2.13. The summed E-state index contributed by atoms with van der Waals surface area (Å²) < 4.78 is 28.0. The van der Waals surface area contributed by atoms with Crippen LogP contribution in [0.1, 0.15) is 56.4 Å². The predicted molar refractivity (Wildman–Crippen MR) is 90.4 cm³/mol. The zero-order valence-electron chi connectivity index (χ0n) is 13.5. The van der Waals surface area contributed by atoms with Crippen LogP contribution in [0.3, 0.4) is 0 Å². The summed E-state index contributed by atoms with van der Waals surface area (Å²) in [6.07, 6.45) is 5.56. The topological polar surface area (TPSA) is 58.2 Å². The van der Waals surface area contributed by atoms with Crippen molar-refractivity contribution >= 4 is 21.4 Å². The Bertz CT molecular complexity index is 524. The Balaban J connectivity index is 2.62. The highest BCUT2D eigenvalue weighted by Crippen LogP contribution is 2.26. The SMILES string of the molecule is CCCCCCC(C)NS(=O)(=O)c1cc(C)c(CNC)s1. The molecule has 1 aromatic heterocycles. The van der Waals surface area contributed by atoms with E-state index in [2.05, 4.69) is 17.0 Å². The van der Waals surface area contributed by atoms with E-state index in [0.29, 0.717) is 10.8 Å². The van der Waals surface area contributed by atoms with Crippen molar-refractivity contribution in [2.24, 2.45) is 0 Å². The molecule has 0 radical (unpaired) electrons. The van der Waals surface area contributed by atoms with E-state index in [4.69, 9.17) is 0 Å². The van der Waals surface area contributed by atoms with E-state index in [9.17, 15) is 8.42 Å². The lowest BCUT2D eigenvalue weighted by atomic mass is 10.1. The molecule has 0 aliphatic carbocycles. The van der Waals surface area contributed by atoms with Crippen LogP contribution < -0.4 is 10.0 Å². The van der Waals surface area contributed by atoms with Crippen molar-refractivity contribution in [3.63, 3.8) is 0 Å². The van der Waals surface area contributed by atoms with Gasteiger partial charge in [-0.25, -0.2) is 13.1 Å². The first-order valence-corrected chi connectivity index (χ1v) is 9.97. The minimum absolute atomic E-state index is 0.0120. The molecule has 1 atom stereocenters. The first kappa shape index (κ1) is 18.6. The molecule has 4 nitrogen and oxygen atoms in total. The highest BCUT2D eigenvalue weighted by Gasteiger charge is 2.20. The Hall–Kier alpha value is -0.430. The fraction of sp³-hybridized carbons (Fsp3) is 0.733. The summed E-state index contributed by atoms with van der Waals surface area (Å²) in [5.74, 6) is 0. The van der Waals surface area contributed by atoms with Crippen molar-refractivity contribution < 1.29 is 8.42 Å². The number of aryl methyl sites for hydroxylation is 1. The maximum Gasteiger partial charge on any atom is 0.250 e. The summed E-state index contributed by atoms with van der Waals surface area (Å²) in [6.45, 7) is 6.78. The quantitative estimate of drug-likeness (QED) is 0.646. The summed E-state index contributed by atoms with van der Waals surface area (Å²) in [5.41, 5.74) is 1.03. The molecule has 0 fully saturated rings. The van der Waals surface area contributed by atoms with Gasteiger partial charge in [0.15, 0.2) is 0 Å². The maximum atomic E-state index is 12.4. The molecular formula is C15H28N2O2S2. The van der Waals surface area contributed by atoms with Gasteiger partial charge in [0.1, 0.15) is 4.21 Å². The van der Waals surface area contributed by atoms with Gasteiger partial charge in [-0.05, 0) is 38.9 Å². The van der Waals surface area contributed by atoms with Crippen LogP contribution >= 0.6 is 11.3 Å². The lowest BCUT2D eigenvalue weighted by Crippen LogP contribution is -2.32. The largest absolute Gasteiger partial charge is 0.315 e. The third-order valence-corrected chi connectivity index (χ3v) is 6.75. The summed E-state index contributed by atoms with van der Waals surface area (Å²) in [5, 5.41) is 3.07. The molecule has 0 aliphatic heterocycles. The highest BCUT2D eigenvalue weighted by molar-refractivity contribution is 7.91. The lowest BCUT2D eigenvalue weighted by molar-refractivity contribution is 0.523. The molecule has 21 heavy (non-hydrogen) atoms. The first-order valence-electron chi connectivity index (χ1n) is 7.67. The van der Waals surface area contributed by atoms with Gasteiger partial charge >= 0.3 is 0 Å². The average Bonchev–Trinajstić information content (AvgIpc) is 2.77. The second kappa shape index (κ2) is 8.88. The molecule has 0 spiro atoms. The molecule has 0 aliphatic rings. The first-order chi connectivity index (χ1) is 9.90. The van der Waals surface area contributed by atoms with Gasteiger partial charge in [-0.15, -0.1) is 11.3 Å². The summed E-state index contributed by atoms with van der Waals surface area (Å²) in [7, 11) is -1.52. The third kappa shape index (κ3) is 6.06. The van der Waals surface area contributed by atoms with Gasteiger partial charge in [-0.2, -0.15) is 0 Å². The highest BCUT2D eigenvalue weighted by atomic mass is 32.2. The Kier molecular flexibility index (Phi) is 7.87. The van der Waals surface area contributed by atoms with Crippen LogP contribution in [0.5, 0.6) is 0 Å². The van der Waals surface area contributed by atoms with Crippen molar-refractivity contribution in [3.8, 4) is 0 Å². The van der Waals surface area contributed by atoms with Crippen molar-refractivity contribution in [1.29, 1.82) is 0 Å². The molecule has 2 N–H and O–H groups in total. The summed E-state index contributed by atoms with van der Waals surface area (Å²) >= 11 is 1.35. The number of thiophene rings is 1. The maximum absolute atomic E-state index is 12.4. The van der Waals surface area contributed by atoms with Crippen molar-refractivity contribution in [1.82, 2.24) is 10.0 Å². The van der Waals surface area contributed by atoms with E-state index in [-0.39, 0.29) is 6.04 Å². The number of hydrogen-bond acceptors (Lipinski definition) is 4. The van der Waals surface area contributed by atoms with Crippen LogP contribution in [0.4, 0.5) is 0 Å². The fourth-order valence-electron chi connectivity index (χ4n) is 2.22. The van der Waals surface area contributed by atoms with Gasteiger partial charge in [0.25, 0.3) is 0 Å². The standard InChI is InChI=1S/C15H28N2O2S2/c1-5-6-7-8-9-13(3)17-21(18,19)15-10-12(2)14(20-15)11-16-4/h10,13,16-17H,5-9,11H2,1-4H3. The van der Waals surface area contributed by atoms with Gasteiger partial charge < -0.3 is 5.32 Å². The Labute approximate surface area is 133 Å². The predicted octanol–water partition coefficient (Wildman–Crippen LogP) is 3.41. The molecule has 1 heterocycles. The van der Waals surface area contributed by atoms with E-state index in [0.717, 1.165) is 23.3 Å². The zero-order chi connectivity index (χ0) is 15.9. The molecule has 122 valence electrons. The fourth-order valence-corrected chi connectivity index (χ4v) is 5.11. The van der Waals surface area contributed by atoms with Crippen molar-refractivity contribution in [2.75, 3.05) is 7.05 Å². The number of nitrogens with one attached hydrogen (secondary N) is 2. The van der Waals surface area contributed by atoms with Crippen LogP contribution in [0.2, 0.25) is 0 Å². The number of unbranched alkanes of at least 4 members (excludes halogenated alkanes) is 3. The molecule has 1 rings (SSSR count). The molecule has 0 amide bonds. The van der Waals surface area contributed by atoms with Gasteiger partial charge in [-0.1, -0.05) is 32.6 Å². The average molecular weight is 333 g/mol. The van der Waals surface area contributed by atoms with Gasteiger partial charge in [0, 0.05) is 17.5 Å². The molecule has 0 aromatic carbocycles. The monoisotopic (exact) mass is 332 g/mol. The third-order valence-electron chi connectivity index (χ3n) is 3.45. The molecule has 0 saturated heterocycles. The minimum atomic E-state index is -3.38. The molecule has 0 bridgehead atoms. The van der Waals surface area contributed by atoms with Crippen LogP contribution in [-0.2, 0) is 16.6 Å². The van der Waals surface area contributed by atoms with E-state index in [1.807, 2.05) is 20.9 Å².